The molecule has 3 rings (SSSR count). The molecular formula is C19H16Cl2N4O. The van der Waals surface area contributed by atoms with E-state index >= 15 is 0 Å². The van der Waals surface area contributed by atoms with Crippen molar-refractivity contribution < 1.29 is 4.79 Å². The molecule has 5 nitrogen and oxygen atoms in total. The summed E-state index contributed by atoms with van der Waals surface area (Å²) in [6, 6.07) is 16.4. The molecule has 1 amide bonds. The number of hydrogen-bond donors (Lipinski definition) is 2. The number of nitrogens with zero attached hydrogens (tertiary/aromatic N) is 2. The molecule has 132 valence electrons. The Morgan fingerprint density at radius 3 is 2.50 bits per heavy atom. The lowest BCUT2D eigenvalue weighted by Crippen LogP contribution is -2.16. The molecule has 0 atom stereocenters. The maximum Gasteiger partial charge on any atom is 0.274 e. The molecule has 0 spiro atoms. The van der Waals surface area contributed by atoms with Gasteiger partial charge in [0.1, 0.15) is 5.69 Å². The van der Waals surface area contributed by atoms with E-state index in [1.807, 2.05) is 37.3 Å². The van der Waals surface area contributed by atoms with Gasteiger partial charge in [0.05, 0.1) is 10.0 Å². The van der Waals surface area contributed by atoms with E-state index in [0.717, 1.165) is 5.56 Å². The minimum atomic E-state index is -0.350. The van der Waals surface area contributed by atoms with Gasteiger partial charge in [-0.25, -0.2) is 9.97 Å². The first kappa shape index (κ1) is 18.2. The molecular weight excluding hydrogens is 371 g/mol. The summed E-state index contributed by atoms with van der Waals surface area (Å²) in [6.07, 6.45) is 0. The number of hydrogen-bond acceptors (Lipinski definition) is 4. The van der Waals surface area contributed by atoms with Crippen molar-refractivity contribution in [3.8, 4) is 0 Å². The van der Waals surface area contributed by atoms with Crippen molar-refractivity contribution in [3.63, 3.8) is 0 Å². The molecule has 3 aromatic rings. The summed E-state index contributed by atoms with van der Waals surface area (Å²) < 4.78 is 0. The van der Waals surface area contributed by atoms with Crippen LogP contribution in [0.25, 0.3) is 0 Å². The molecule has 1 heterocycles. The standard InChI is InChI=1S/C19H16Cl2N4O/c1-12-9-17(18(26)24-14-7-8-15(20)16(21)10-14)25-19(23-12)22-11-13-5-3-2-4-6-13/h2-10H,11H2,1H3,(H,24,26)(H,22,23,25). The minimum absolute atomic E-state index is 0.263. The molecule has 0 aliphatic heterocycles. The van der Waals surface area contributed by atoms with Crippen LogP contribution in [0.2, 0.25) is 10.0 Å². The fourth-order valence-corrected chi connectivity index (χ4v) is 2.61. The highest BCUT2D eigenvalue weighted by molar-refractivity contribution is 6.42. The first-order valence-electron chi connectivity index (χ1n) is 7.91. The van der Waals surface area contributed by atoms with Crippen LogP contribution in [-0.2, 0) is 6.54 Å². The number of halogens is 2. The molecule has 0 saturated carbocycles. The Hall–Kier alpha value is -2.63. The van der Waals surface area contributed by atoms with Gasteiger partial charge in [-0.3, -0.25) is 4.79 Å². The van der Waals surface area contributed by atoms with Crippen LogP contribution in [0.15, 0.2) is 54.6 Å². The number of amides is 1. The molecule has 26 heavy (non-hydrogen) atoms. The van der Waals surface area contributed by atoms with Crippen molar-refractivity contribution in [3.05, 3.63) is 81.6 Å². The largest absolute Gasteiger partial charge is 0.350 e. The Morgan fingerprint density at radius 2 is 1.77 bits per heavy atom. The van der Waals surface area contributed by atoms with Gasteiger partial charge in [-0.05, 0) is 36.8 Å². The van der Waals surface area contributed by atoms with Gasteiger partial charge in [0.25, 0.3) is 5.91 Å². The molecule has 0 unspecified atom stereocenters. The van der Waals surface area contributed by atoms with E-state index < -0.39 is 0 Å². The van der Waals surface area contributed by atoms with Crippen LogP contribution in [0.5, 0.6) is 0 Å². The van der Waals surface area contributed by atoms with Gasteiger partial charge >= 0.3 is 0 Å². The van der Waals surface area contributed by atoms with E-state index in [1.165, 1.54) is 0 Å². The zero-order valence-electron chi connectivity index (χ0n) is 14.0. The second kappa shape index (κ2) is 8.17. The number of aryl methyl sites for hydroxylation is 1. The fraction of sp³-hybridized carbons (Fsp3) is 0.105. The maximum atomic E-state index is 12.5. The number of benzene rings is 2. The Morgan fingerprint density at radius 1 is 1.00 bits per heavy atom. The van der Waals surface area contributed by atoms with Crippen molar-refractivity contribution >= 4 is 40.7 Å². The molecule has 0 saturated heterocycles. The van der Waals surface area contributed by atoms with Gasteiger partial charge in [0, 0.05) is 17.9 Å². The summed E-state index contributed by atoms with van der Waals surface area (Å²) >= 11 is 11.9. The number of rotatable bonds is 5. The van der Waals surface area contributed by atoms with Crippen molar-refractivity contribution in [2.24, 2.45) is 0 Å². The molecule has 0 bridgehead atoms. The lowest BCUT2D eigenvalue weighted by Gasteiger charge is -2.09. The first-order chi connectivity index (χ1) is 12.5. The zero-order chi connectivity index (χ0) is 18.5. The normalized spacial score (nSPS) is 10.4. The SMILES string of the molecule is Cc1cc(C(=O)Nc2ccc(Cl)c(Cl)c2)nc(NCc2ccccc2)n1. The summed E-state index contributed by atoms with van der Waals surface area (Å²) in [5.41, 5.74) is 2.59. The lowest BCUT2D eigenvalue weighted by atomic mass is 10.2. The van der Waals surface area contributed by atoms with Crippen molar-refractivity contribution in [1.82, 2.24) is 9.97 Å². The molecule has 0 aliphatic carbocycles. The third kappa shape index (κ3) is 4.71. The predicted molar refractivity (Wildman–Crippen MR) is 105 cm³/mol. The van der Waals surface area contributed by atoms with E-state index in [9.17, 15) is 4.79 Å². The number of anilines is 2. The van der Waals surface area contributed by atoms with Crippen LogP contribution in [0, 0.1) is 6.92 Å². The smallest absolute Gasteiger partial charge is 0.274 e. The van der Waals surface area contributed by atoms with Gasteiger partial charge in [0.2, 0.25) is 5.95 Å². The predicted octanol–water partition coefficient (Wildman–Crippen LogP) is 4.96. The maximum absolute atomic E-state index is 12.5. The van der Waals surface area contributed by atoms with Crippen LogP contribution in [0.3, 0.4) is 0 Å². The van der Waals surface area contributed by atoms with Gasteiger partial charge in [-0.2, -0.15) is 0 Å². The summed E-state index contributed by atoms with van der Waals surface area (Å²) in [5, 5.41) is 6.69. The number of carbonyl (C=O) groups excluding carboxylic acids is 1. The van der Waals surface area contributed by atoms with Gasteiger partial charge in [-0.1, -0.05) is 53.5 Å². The third-order valence-electron chi connectivity index (χ3n) is 3.56. The van der Waals surface area contributed by atoms with Crippen molar-refractivity contribution in [1.29, 1.82) is 0 Å². The summed E-state index contributed by atoms with van der Waals surface area (Å²) in [7, 11) is 0. The number of aromatic nitrogens is 2. The quantitative estimate of drug-likeness (QED) is 0.650. The second-order valence-electron chi connectivity index (χ2n) is 5.64. The molecule has 0 aliphatic rings. The van der Waals surface area contributed by atoms with E-state index in [-0.39, 0.29) is 11.6 Å². The van der Waals surface area contributed by atoms with E-state index in [1.54, 1.807) is 24.3 Å². The van der Waals surface area contributed by atoms with Crippen LogP contribution >= 0.6 is 23.2 Å². The average Bonchev–Trinajstić information content (AvgIpc) is 2.63. The number of carbonyl (C=O) groups is 1. The highest BCUT2D eigenvalue weighted by Crippen LogP contribution is 2.25. The summed E-state index contributed by atoms with van der Waals surface area (Å²) in [4.78, 5) is 21.1. The van der Waals surface area contributed by atoms with Crippen LogP contribution < -0.4 is 10.6 Å². The third-order valence-corrected chi connectivity index (χ3v) is 4.30. The minimum Gasteiger partial charge on any atom is -0.350 e. The zero-order valence-corrected chi connectivity index (χ0v) is 15.5. The Bertz CT molecular complexity index is 932. The monoisotopic (exact) mass is 386 g/mol. The molecule has 2 aromatic carbocycles. The highest BCUT2D eigenvalue weighted by Gasteiger charge is 2.12. The number of nitrogens with one attached hydrogen (secondary N) is 2. The van der Waals surface area contributed by atoms with Crippen LogP contribution in [-0.4, -0.2) is 15.9 Å². The molecule has 7 heteroatoms. The second-order valence-corrected chi connectivity index (χ2v) is 6.45. The van der Waals surface area contributed by atoms with E-state index in [2.05, 4.69) is 20.6 Å². The fourth-order valence-electron chi connectivity index (χ4n) is 2.31. The molecule has 0 radical (unpaired) electrons. The highest BCUT2D eigenvalue weighted by atomic mass is 35.5. The Kier molecular flexibility index (Phi) is 5.71. The van der Waals surface area contributed by atoms with Crippen LogP contribution in [0.4, 0.5) is 11.6 Å². The first-order valence-corrected chi connectivity index (χ1v) is 8.67. The summed E-state index contributed by atoms with van der Waals surface area (Å²) in [6.45, 7) is 2.38. The van der Waals surface area contributed by atoms with Gasteiger partial charge < -0.3 is 10.6 Å². The van der Waals surface area contributed by atoms with Crippen molar-refractivity contribution in [2.45, 2.75) is 13.5 Å². The van der Waals surface area contributed by atoms with Gasteiger partial charge in [-0.15, -0.1) is 0 Å². The van der Waals surface area contributed by atoms with Gasteiger partial charge in [0.15, 0.2) is 0 Å². The van der Waals surface area contributed by atoms with E-state index in [4.69, 9.17) is 23.2 Å². The molecule has 1 aromatic heterocycles. The topological polar surface area (TPSA) is 66.9 Å². The average molecular weight is 387 g/mol. The molecule has 2 N–H and O–H groups in total. The lowest BCUT2D eigenvalue weighted by molar-refractivity contribution is 0.102. The van der Waals surface area contributed by atoms with E-state index in [0.29, 0.717) is 33.9 Å². The Labute approximate surface area is 161 Å². The van der Waals surface area contributed by atoms with Crippen LogP contribution in [0.1, 0.15) is 21.7 Å². The Balaban J connectivity index is 1.73. The van der Waals surface area contributed by atoms with Crippen molar-refractivity contribution in [2.75, 3.05) is 10.6 Å². The summed E-state index contributed by atoms with van der Waals surface area (Å²) in [5.74, 6) is 0.0461. The molecule has 0 fully saturated rings.